The van der Waals surface area contributed by atoms with Gasteiger partial charge >= 0.3 is 11.7 Å². The van der Waals surface area contributed by atoms with Gasteiger partial charge in [-0.05, 0) is 29.7 Å². The van der Waals surface area contributed by atoms with E-state index >= 15 is 0 Å². The number of hydrogen-bond acceptors (Lipinski definition) is 7. The van der Waals surface area contributed by atoms with Crippen molar-refractivity contribution in [3.8, 4) is 0 Å². The summed E-state index contributed by atoms with van der Waals surface area (Å²) < 4.78 is 35.2. The van der Waals surface area contributed by atoms with Crippen LogP contribution in [0.15, 0.2) is 75.1 Å². The maximum absolute atomic E-state index is 13.4. The monoisotopic (exact) mass is 526 g/mol. The van der Waals surface area contributed by atoms with Gasteiger partial charge in [-0.25, -0.2) is 13.2 Å². The number of hydrogen-bond donors (Lipinski definition) is 1. The highest BCUT2D eigenvalue weighted by Gasteiger charge is 2.37. The third-order valence-electron chi connectivity index (χ3n) is 6.23. The first-order valence-electron chi connectivity index (χ1n) is 11.5. The molecule has 0 saturated carbocycles. The van der Waals surface area contributed by atoms with Gasteiger partial charge in [-0.3, -0.25) is 23.5 Å². The molecule has 0 aliphatic carbocycles. The van der Waals surface area contributed by atoms with Gasteiger partial charge in [0.25, 0.3) is 11.5 Å². The maximum Gasteiger partial charge on any atom is 0.332 e. The van der Waals surface area contributed by atoms with E-state index in [1.54, 1.807) is 30.3 Å². The zero-order chi connectivity index (χ0) is 26.7. The Balaban J connectivity index is 1.50. The summed E-state index contributed by atoms with van der Waals surface area (Å²) in [5.74, 6) is -1.58. The SMILES string of the molecule is Cn1c(NC(=O)COC(=O)CC2c3ccccc3CCN2S(=O)(=O)c2ccccc2)cc(=O)n(C)c1=O. The normalized spacial score (nSPS) is 15.6. The number of sulfonamides is 1. The number of amides is 1. The first kappa shape index (κ1) is 26.0. The number of nitrogens with one attached hydrogen (secondary N) is 1. The molecule has 0 bridgehead atoms. The van der Waals surface area contributed by atoms with Crippen LogP contribution in [-0.4, -0.2) is 46.9 Å². The first-order valence-corrected chi connectivity index (χ1v) is 12.9. The fraction of sp³-hybridized carbons (Fsp3) is 0.280. The second-order valence-electron chi connectivity index (χ2n) is 8.57. The summed E-state index contributed by atoms with van der Waals surface area (Å²) >= 11 is 0. The van der Waals surface area contributed by atoms with Gasteiger partial charge in [-0.1, -0.05) is 42.5 Å². The Morgan fingerprint density at radius 2 is 1.68 bits per heavy atom. The van der Waals surface area contributed by atoms with Gasteiger partial charge in [0.2, 0.25) is 10.0 Å². The van der Waals surface area contributed by atoms with Crippen LogP contribution in [0.5, 0.6) is 0 Å². The minimum atomic E-state index is -3.91. The van der Waals surface area contributed by atoms with Crippen LogP contribution in [0.4, 0.5) is 5.82 Å². The van der Waals surface area contributed by atoms with Crippen molar-refractivity contribution >= 4 is 27.7 Å². The molecule has 194 valence electrons. The highest BCUT2D eigenvalue weighted by molar-refractivity contribution is 7.89. The van der Waals surface area contributed by atoms with Crippen molar-refractivity contribution in [3.05, 3.63) is 92.6 Å². The van der Waals surface area contributed by atoms with E-state index in [4.69, 9.17) is 4.74 Å². The lowest BCUT2D eigenvalue weighted by molar-refractivity contribution is -0.148. The second kappa shape index (κ2) is 10.5. The fourth-order valence-corrected chi connectivity index (χ4v) is 5.88. The van der Waals surface area contributed by atoms with E-state index in [2.05, 4.69) is 5.32 Å². The van der Waals surface area contributed by atoms with Crippen molar-refractivity contribution in [1.29, 1.82) is 0 Å². The standard InChI is InChI=1S/C25H26N4O7S/c1-27-21(15-23(31)28(2)25(27)33)26-22(30)16-36-24(32)14-20-19-11-7-6-8-17(19)12-13-29(20)37(34,35)18-9-4-3-5-10-18/h3-11,15,20H,12-14,16H2,1-2H3,(H,26,30). The molecule has 1 N–H and O–H groups in total. The van der Waals surface area contributed by atoms with Crippen LogP contribution in [0.2, 0.25) is 0 Å². The number of esters is 1. The van der Waals surface area contributed by atoms with Gasteiger partial charge in [0.05, 0.1) is 17.4 Å². The molecule has 12 heteroatoms. The average Bonchev–Trinajstić information content (AvgIpc) is 2.90. The molecular formula is C25H26N4O7S. The molecule has 0 radical (unpaired) electrons. The summed E-state index contributed by atoms with van der Waals surface area (Å²) in [6.07, 6.45) is 0.187. The van der Waals surface area contributed by atoms with Gasteiger partial charge in [0, 0.05) is 26.7 Å². The van der Waals surface area contributed by atoms with E-state index < -0.39 is 45.8 Å². The molecule has 1 aliphatic rings. The number of carbonyl (C=O) groups excluding carboxylic acids is 2. The van der Waals surface area contributed by atoms with E-state index in [0.717, 1.165) is 20.8 Å². The number of rotatable bonds is 7. The molecule has 2 aromatic carbocycles. The largest absolute Gasteiger partial charge is 0.456 e. The third-order valence-corrected chi connectivity index (χ3v) is 8.15. The first-order chi connectivity index (χ1) is 17.6. The zero-order valence-corrected chi connectivity index (χ0v) is 21.1. The molecule has 1 amide bonds. The molecule has 1 unspecified atom stereocenters. The van der Waals surface area contributed by atoms with Crippen LogP contribution in [0, 0.1) is 0 Å². The molecule has 0 fully saturated rings. The van der Waals surface area contributed by atoms with E-state index in [9.17, 15) is 27.6 Å². The predicted molar refractivity (Wildman–Crippen MR) is 134 cm³/mol. The van der Waals surface area contributed by atoms with Crippen LogP contribution in [0.3, 0.4) is 0 Å². The fourth-order valence-electron chi connectivity index (χ4n) is 4.25. The Morgan fingerprint density at radius 1 is 1.00 bits per heavy atom. The Morgan fingerprint density at radius 3 is 2.41 bits per heavy atom. The van der Waals surface area contributed by atoms with Gasteiger partial charge in [-0.15, -0.1) is 0 Å². The van der Waals surface area contributed by atoms with E-state index in [-0.39, 0.29) is 23.7 Å². The van der Waals surface area contributed by atoms with Crippen LogP contribution in [0.1, 0.15) is 23.6 Å². The predicted octanol–water partition coefficient (Wildman–Crippen LogP) is 0.944. The van der Waals surface area contributed by atoms with Gasteiger partial charge in [0.1, 0.15) is 5.82 Å². The van der Waals surface area contributed by atoms with Crippen LogP contribution < -0.4 is 16.6 Å². The van der Waals surface area contributed by atoms with Crippen molar-refractivity contribution in [2.24, 2.45) is 14.1 Å². The van der Waals surface area contributed by atoms with Crippen molar-refractivity contribution in [2.45, 2.75) is 23.8 Å². The second-order valence-corrected chi connectivity index (χ2v) is 10.5. The molecule has 1 atom stereocenters. The average molecular weight is 527 g/mol. The summed E-state index contributed by atoms with van der Waals surface area (Å²) in [6.45, 7) is -0.494. The lowest BCUT2D eigenvalue weighted by Crippen LogP contribution is -2.41. The summed E-state index contributed by atoms with van der Waals surface area (Å²) in [5, 5.41) is 2.38. The molecule has 0 spiro atoms. The van der Waals surface area contributed by atoms with Crippen LogP contribution in [-0.2, 0) is 44.9 Å². The molecule has 1 aliphatic heterocycles. The Labute approximate surface area is 213 Å². The molecule has 11 nitrogen and oxygen atoms in total. The van der Waals surface area contributed by atoms with Gasteiger partial charge < -0.3 is 10.1 Å². The minimum absolute atomic E-state index is 0.0458. The Hall–Kier alpha value is -4.03. The highest BCUT2D eigenvalue weighted by Crippen LogP contribution is 2.36. The lowest BCUT2D eigenvalue weighted by atomic mass is 9.92. The summed E-state index contributed by atoms with van der Waals surface area (Å²) in [4.78, 5) is 49.1. The van der Waals surface area contributed by atoms with Crippen molar-refractivity contribution < 1.29 is 22.7 Å². The Bertz CT molecular complexity index is 1560. The topological polar surface area (TPSA) is 137 Å². The highest BCUT2D eigenvalue weighted by atomic mass is 32.2. The molecule has 3 aromatic rings. The summed E-state index contributed by atoms with van der Waals surface area (Å²) in [5.41, 5.74) is 0.399. The quantitative estimate of drug-likeness (QED) is 0.453. The van der Waals surface area contributed by atoms with Crippen LogP contribution >= 0.6 is 0 Å². The zero-order valence-electron chi connectivity index (χ0n) is 20.3. The Kier molecular flexibility index (Phi) is 7.41. The van der Waals surface area contributed by atoms with Crippen molar-refractivity contribution in [1.82, 2.24) is 13.4 Å². The summed E-state index contributed by atoms with van der Waals surface area (Å²) in [6, 6.07) is 15.5. The van der Waals surface area contributed by atoms with Crippen molar-refractivity contribution in [3.63, 3.8) is 0 Å². The number of aromatic nitrogens is 2. The number of benzene rings is 2. The molecule has 2 heterocycles. The molecule has 4 rings (SSSR count). The third kappa shape index (κ3) is 5.39. The molecule has 1 aromatic heterocycles. The molecule has 37 heavy (non-hydrogen) atoms. The van der Waals surface area contributed by atoms with E-state index in [1.807, 2.05) is 12.1 Å². The van der Waals surface area contributed by atoms with E-state index in [0.29, 0.717) is 12.0 Å². The lowest BCUT2D eigenvalue weighted by Gasteiger charge is -2.36. The van der Waals surface area contributed by atoms with Crippen LogP contribution in [0.25, 0.3) is 0 Å². The van der Waals surface area contributed by atoms with Gasteiger partial charge in [0.15, 0.2) is 6.61 Å². The maximum atomic E-state index is 13.4. The minimum Gasteiger partial charge on any atom is -0.456 e. The van der Waals surface area contributed by atoms with E-state index in [1.165, 1.54) is 30.5 Å². The van der Waals surface area contributed by atoms with Gasteiger partial charge in [-0.2, -0.15) is 4.31 Å². The van der Waals surface area contributed by atoms with Crippen molar-refractivity contribution in [2.75, 3.05) is 18.5 Å². The number of ether oxygens (including phenoxy) is 1. The number of carbonyl (C=O) groups is 2. The molecular weight excluding hydrogens is 500 g/mol. The number of fused-ring (bicyclic) bond motifs is 1. The molecule has 0 saturated heterocycles. The number of anilines is 1. The number of nitrogens with zero attached hydrogens (tertiary/aromatic N) is 3. The summed E-state index contributed by atoms with van der Waals surface area (Å²) in [7, 11) is -1.22. The smallest absolute Gasteiger partial charge is 0.332 e.